The quantitative estimate of drug-likeness (QED) is 0.893. The van der Waals surface area contributed by atoms with Gasteiger partial charge in [-0.3, -0.25) is 0 Å². The van der Waals surface area contributed by atoms with Crippen molar-refractivity contribution in [3.63, 3.8) is 0 Å². The molecule has 0 aromatic heterocycles. The molecule has 21 heavy (non-hydrogen) atoms. The molecule has 2 aromatic rings. The fourth-order valence-electron chi connectivity index (χ4n) is 3.09. The van der Waals surface area contributed by atoms with E-state index in [4.69, 9.17) is 4.74 Å². The Morgan fingerprint density at radius 3 is 2.57 bits per heavy atom. The summed E-state index contributed by atoms with van der Waals surface area (Å²) >= 11 is 0. The number of aryl methyl sites for hydroxylation is 1. The van der Waals surface area contributed by atoms with Gasteiger partial charge in [0.15, 0.2) is 0 Å². The highest BCUT2D eigenvalue weighted by Gasteiger charge is 2.23. The van der Waals surface area contributed by atoms with E-state index in [1.807, 2.05) is 7.05 Å². The first-order valence-corrected chi connectivity index (χ1v) is 7.81. The molecule has 0 fully saturated rings. The molecule has 0 aliphatic heterocycles. The molecule has 0 heterocycles. The number of ether oxygens (including phenoxy) is 1. The van der Waals surface area contributed by atoms with Crippen molar-refractivity contribution in [3.8, 4) is 5.75 Å². The van der Waals surface area contributed by atoms with Gasteiger partial charge in [-0.15, -0.1) is 0 Å². The van der Waals surface area contributed by atoms with Crippen LogP contribution in [0.3, 0.4) is 0 Å². The Labute approximate surface area is 127 Å². The van der Waals surface area contributed by atoms with E-state index in [0.29, 0.717) is 12.6 Å². The van der Waals surface area contributed by atoms with Crippen LogP contribution in [0.1, 0.15) is 41.6 Å². The smallest absolute Gasteiger partial charge is 0.123 e. The zero-order valence-electron chi connectivity index (χ0n) is 12.9. The van der Waals surface area contributed by atoms with Crippen LogP contribution >= 0.6 is 0 Å². The van der Waals surface area contributed by atoms with Crippen molar-refractivity contribution in [2.75, 3.05) is 7.05 Å². The average molecular weight is 281 g/mol. The van der Waals surface area contributed by atoms with Crippen LogP contribution in [0, 0.1) is 0 Å². The van der Waals surface area contributed by atoms with E-state index in [2.05, 4.69) is 54.7 Å². The fraction of sp³-hybridized carbons (Fsp3) is 0.368. The van der Waals surface area contributed by atoms with Gasteiger partial charge in [0.1, 0.15) is 12.4 Å². The Kier molecular flexibility index (Phi) is 4.26. The predicted octanol–water partition coefficient (Wildman–Crippen LogP) is 4.03. The maximum absolute atomic E-state index is 6.07. The highest BCUT2D eigenvalue weighted by Crippen LogP contribution is 2.36. The molecule has 2 nitrogen and oxygen atoms in total. The Morgan fingerprint density at radius 2 is 1.86 bits per heavy atom. The first-order chi connectivity index (χ1) is 10.3. The lowest BCUT2D eigenvalue weighted by Crippen LogP contribution is -2.12. The van der Waals surface area contributed by atoms with Crippen molar-refractivity contribution in [1.29, 1.82) is 0 Å². The fourth-order valence-corrected chi connectivity index (χ4v) is 3.09. The molecule has 3 rings (SSSR count). The SMILES string of the molecule is CCc1ccc(COc2cccc3c2CCC3NC)cc1. The normalized spacial score (nSPS) is 16.8. The van der Waals surface area contributed by atoms with E-state index in [0.717, 1.165) is 25.0 Å². The molecule has 2 heteroatoms. The van der Waals surface area contributed by atoms with Crippen molar-refractivity contribution < 1.29 is 4.74 Å². The van der Waals surface area contributed by atoms with Crippen LogP contribution in [-0.4, -0.2) is 7.05 Å². The molecule has 2 aromatic carbocycles. The maximum atomic E-state index is 6.07. The van der Waals surface area contributed by atoms with Gasteiger partial charge in [-0.05, 0) is 54.6 Å². The number of hydrogen-bond donors (Lipinski definition) is 1. The van der Waals surface area contributed by atoms with Gasteiger partial charge in [-0.25, -0.2) is 0 Å². The summed E-state index contributed by atoms with van der Waals surface area (Å²) in [5.74, 6) is 1.05. The average Bonchev–Trinajstić information content (AvgIpc) is 2.97. The molecule has 1 N–H and O–H groups in total. The van der Waals surface area contributed by atoms with Crippen LogP contribution in [0.4, 0.5) is 0 Å². The van der Waals surface area contributed by atoms with Crippen molar-refractivity contribution >= 4 is 0 Å². The van der Waals surface area contributed by atoms with Crippen molar-refractivity contribution in [1.82, 2.24) is 5.32 Å². The first kappa shape index (κ1) is 14.2. The Hall–Kier alpha value is -1.80. The molecular weight excluding hydrogens is 258 g/mol. The van der Waals surface area contributed by atoms with Crippen LogP contribution < -0.4 is 10.1 Å². The Morgan fingerprint density at radius 1 is 1.10 bits per heavy atom. The van der Waals surface area contributed by atoms with Crippen molar-refractivity contribution in [2.45, 2.75) is 38.8 Å². The van der Waals surface area contributed by atoms with Crippen LogP contribution in [0.15, 0.2) is 42.5 Å². The van der Waals surface area contributed by atoms with Gasteiger partial charge in [-0.2, -0.15) is 0 Å². The highest BCUT2D eigenvalue weighted by atomic mass is 16.5. The van der Waals surface area contributed by atoms with Gasteiger partial charge < -0.3 is 10.1 Å². The lowest BCUT2D eigenvalue weighted by Gasteiger charge is -2.13. The number of benzene rings is 2. The zero-order chi connectivity index (χ0) is 14.7. The van der Waals surface area contributed by atoms with E-state index in [1.165, 1.54) is 22.3 Å². The summed E-state index contributed by atoms with van der Waals surface area (Å²) in [6.07, 6.45) is 3.35. The number of fused-ring (bicyclic) bond motifs is 1. The Bertz CT molecular complexity index is 603. The minimum absolute atomic E-state index is 0.479. The third kappa shape index (κ3) is 2.96. The van der Waals surface area contributed by atoms with Gasteiger partial charge in [0.2, 0.25) is 0 Å². The third-order valence-corrected chi connectivity index (χ3v) is 4.40. The van der Waals surface area contributed by atoms with Crippen molar-refractivity contribution in [3.05, 3.63) is 64.7 Å². The van der Waals surface area contributed by atoms with Crippen LogP contribution in [-0.2, 0) is 19.4 Å². The molecule has 0 saturated carbocycles. The molecule has 1 unspecified atom stereocenters. The summed E-state index contributed by atoms with van der Waals surface area (Å²) in [4.78, 5) is 0. The summed E-state index contributed by atoms with van der Waals surface area (Å²) < 4.78 is 6.07. The largest absolute Gasteiger partial charge is 0.489 e. The molecule has 0 amide bonds. The number of nitrogens with one attached hydrogen (secondary N) is 1. The van der Waals surface area contributed by atoms with Crippen molar-refractivity contribution in [2.24, 2.45) is 0 Å². The second kappa shape index (κ2) is 6.31. The van der Waals surface area contributed by atoms with Gasteiger partial charge >= 0.3 is 0 Å². The van der Waals surface area contributed by atoms with Gasteiger partial charge in [0.25, 0.3) is 0 Å². The van der Waals surface area contributed by atoms with E-state index in [1.54, 1.807) is 0 Å². The summed E-state index contributed by atoms with van der Waals surface area (Å²) in [6, 6.07) is 15.6. The summed E-state index contributed by atoms with van der Waals surface area (Å²) in [7, 11) is 2.03. The minimum Gasteiger partial charge on any atom is -0.489 e. The lowest BCUT2D eigenvalue weighted by atomic mass is 10.1. The van der Waals surface area contributed by atoms with E-state index in [-0.39, 0.29) is 0 Å². The summed E-state index contributed by atoms with van der Waals surface area (Å²) in [5, 5.41) is 3.38. The van der Waals surface area contributed by atoms with Gasteiger partial charge in [-0.1, -0.05) is 43.3 Å². The highest BCUT2D eigenvalue weighted by molar-refractivity contribution is 5.45. The molecule has 0 saturated heterocycles. The molecular formula is C19H23NO. The second-order valence-electron chi connectivity index (χ2n) is 5.66. The van der Waals surface area contributed by atoms with Gasteiger partial charge in [0, 0.05) is 6.04 Å². The van der Waals surface area contributed by atoms with Crippen LogP contribution in [0.25, 0.3) is 0 Å². The molecule has 0 bridgehead atoms. The van der Waals surface area contributed by atoms with E-state index < -0.39 is 0 Å². The topological polar surface area (TPSA) is 21.3 Å². The molecule has 0 spiro atoms. The van der Waals surface area contributed by atoms with Crippen LogP contribution in [0.5, 0.6) is 5.75 Å². The predicted molar refractivity (Wildman–Crippen MR) is 86.7 cm³/mol. The summed E-state index contributed by atoms with van der Waals surface area (Å²) in [6.45, 7) is 2.82. The zero-order valence-corrected chi connectivity index (χ0v) is 12.9. The number of rotatable bonds is 5. The van der Waals surface area contributed by atoms with E-state index in [9.17, 15) is 0 Å². The number of hydrogen-bond acceptors (Lipinski definition) is 2. The molecule has 110 valence electrons. The maximum Gasteiger partial charge on any atom is 0.123 e. The summed E-state index contributed by atoms with van der Waals surface area (Å²) in [5.41, 5.74) is 5.38. The third-order valence-electron chi connectivity index (χ3n) is 4.40. The molecule has 1 aliphatic rings. The second-order valence-corrected chi connectivity index (χ2v) is 5.66. The van der Waals surface area contributed by atoms with Gasteiger partial charge in [0.05, 0.1) is 0 Å². The molecule has 0 radical (unpaired) electrons. The first-order valence-electron chi connectivity index (χ1n) is 7.81. The Balaban J connectivity index is 1.72. The molecule has 1 aliphatic carbocycles. The minimum atomic E-state index is 0.479. The van der Waals surface area contributed by atoms with E-state index >= 15 is 0 Å². The molecule has 1 atom stereocenters. The lowest BCUT2D eigenvalue weighted by molar-refractivity contribution is 0.303. The standard InChI is InChI=1S/C19H23NO/c1-3-14-7-9-15(10-8-14)13-21-19-6-4-5-16-17(19)11-12-18(16)20-2/h4-10,18,20H,3,11-13H2,1-2H3. The van der Waals surface area contributed by atoms with Crippen LogP contribution in [0.2, 0.25) is 0 Å². The monoisotopic (exact) mass is 281 g/mol.